The van der Waals surface area contributed by atoms with Crippen LogP contribution < -0.4 is 19.5 Å². The number of carbonyl (C=O) groups is 1. The maximum absolute atomic E-state index is 11.3. The predicted octanol–water partition coefficient (Wildman–Crippen LogP) is 3.56. The molecule has 0 aliphatic carbocycles. The van der Waals surface area contributed by atoms with Crippen LogP contribution in [0.25, 0.3) is 0 Å². The summed E-state index contributed by atoms with van der Waals surface area (Å²) in [5.74, 6) is 2.19. The fourth-order valence-electron chi connectivity index (χ4n) is 2.45. The summed E-state index contributed by atoms with van der Waals surface area (Å²) < 4.78 is 16.8. The van der Waals surface area contributed by atoms with Crippen molar-refractivity contribution in [2.45, 2.75) is 19.8 Å². The maximum atomic E-state index is 11.3. The fraction of sp³-hybridized carbons (Fsp3) is 0.316. The Morgan fingerprint density at radius 1 is 1.08 bits per heavy atom. The number of ether oxygens (including phenoxy) is 3. The molecule has 0 spiro atoms. The lowest BCUT2D eigenvalue weighted by molar-refractivity contribution is -0.118. The van der Waals surface area contributed by atoms with Crippen molar-refractivity contribution in [3.8, 4) is 17.2 Å². The second-order valence-electron chi connectivity index (χ2n) is 5.66. The van der Waals surface area contributed by atoms with Gasteiger partial charge in [-0.2, -0.15) is 0 Å². The largest absolute Gasteiger partial charge is 0.494 e. The van der Waals surface area contributed by atoms with Gasteiger partial charge < -0.3 is 19.5 Å². The number of rotatable bonds is 7. The highest BCUT2D eigenvalue weighted by molar-refractivity contribution is 5.95. The zero-order valence-corrected chi connectivity index (χ0v) is 13.7. The molecule has 1 amide bonds. The van der Waals surface area contributed by atoms with E-state index in [0.717, 1.165) is 29.9 Å². The SMILES string of the molecule is Cc1ccccc1OCCCCOc1ccc2c(c1)NC(=O)CO2. The summed E-state index contributed by atoms with van der Waals surface area (Å²) in [5, 5.41) is 2.77. The minimum Gasteiger partial charge on any atom is -0.494 e. The first kappa shape index (κ1) is 16.2. The van der Waals surface area contributed by atoms with Gasteiger partial charge in [-0.25, -0.2) is 0 Å². The molecule has 5 heteroatoms. The number of unbranched alkanes of at least 4 members (excludes halogenated alkanes) is 1. The van der Waals surface area contributed by atoms with Crippen molar-refractivity contribution in [1.82, 2.24) is 0 Å². The molecule has 2 aromatic rings. The molecule has 2 aromatic carbocycles. The zero-order chi connectivity index (χ0) is 16.8. The molecule has 3 rings (SSSR count). The Labute approximate surface area is 141 Å². The normalized spacial score (nSPS) is 12.8. The molecule has 5 nitrogen and oxygen atoms in total. The second kappa shape index (κ2) is 7.73. The van der Waals surface area contributed by atoms with Crippen molar-refractivity contribution < 1.29 is 19.0 Å². The first-order chi connectivity index (χ1) is 11.7. The Balaban J connectivity index is 1.39. The number of aryl methyl sites for hydroxylation is 1. The van der Waals surface area contributed by atoms with E-state index < -0.39 is 0 Å². The van der Waals surface area contributed by atoms with Gasteiger partial charge in [0, 0.05) is 6.07 Å². The molecule has 0 bridgehead atoms. The van der Waals surface area contributed by atoms with Crippen molar-refractivity contribution in [1.29, 1.82) is 0 Å². The van der Waals surface area contributed by atoms with Crippen molar-refractivity contribution in [3.63, 3.8) is 0 Å². The number of carbonyl (C=O) groups excluding carboxylic acids is 1. The van der Waals surface area contributed by atoms with Crippen LogP contribution in [0.1, 0.15) is 18.4 Å². The number of hydrogen-bond acceptors (Lipinski definition) is 4. The maximum Gasteiger partial charge on any atom is 0.262 e. The third-order valence-corrected chi connectivity index (χ3v) is 3.74. The monoisotopic (exact) mass is 327 g/mol. The lowest BCUT2D eigenvalue weighted by Crippen LogP contribution is -2.25. The highest BCUT2D eigenvalue weighted by Gasteiger charge is 2.16. The summed E-state index contributed by atoms with van der Waals surface area (Å²) in [5.41, 5.74) is 1.80. The molecule has 1 N–H and O–H groups in total. The van der Waals surface area contributed by atoms with Gasteiger partial charge in [0.15, 0.2) is 6.61 Å². The number of fused-ring (bicyclic) bond motifs is 1. The van der Waals surface area contributed by atoms with Crippen molar-refractivity contribution in [2.24, 2.45) is 0 Å². The highest BCUT2D eigenvalue weighted by atomic mass is 16.5. The van der Waals surface area contributed by atoms with Crippen LogP contribution in [0.15, 0.2) is 42.5 Å². The predicted molar refractivity (Wildman–Crippen MR) is 92.0 cm³/mol. The first-order valence-electron chi connectivity index (χ1n) is 8.10. The molecule has 1 heterocycles. The van der Waals surface area contributed by atoms with Gasteiger partial charge in [-0.15, -0.1) is 0 Å². The lowest BCUT2D eigenvalue weighted by Gasteiger charge is -2.18. The quantitative estimate of drug-likeness (QED) is 0.790. The molecule has 1 aliphatic heterocycles. The Morgan fingerprint density at radius 2 is 1.88 bits per heavy atom. The van der Waals surface area contributed by atoms with Crippen LogP contribution in [0.5, 0.6) is 17.2 Å². The van der Waals surface area contributed by atoms with E-state index in [9.17, 15) is 4.79 Å². The average molecular weight is 327 g/mol. The number of para-hydroxylation sites is 1. The molecule has 0 fully saturated rings. The van der Waals surface area contributed by atoms with E-state index in [1.165, 1.54) is 0 Å². The average Bonchev–Trinajstić information content (AvgIpc) is 2.59. The van der Waals surface area contributed by atoms with Gasteiger partial charge in [0.25, 0.3) is 5.91 Å². The minimum absolute atomic E-state index is 0.0636. The second-order valence-corrected chi connectivity index (χ2v) is 5.66. The molecular formula is C19H21NO4. The van der Waals surface area contributed by atoms with Gasteiger partial charge in [-0.3, -0.25) is 4.79 Å². The van der Waals surface area contributed by atoms with Crippen LogP contribution in [-0.2, 0) is 4.79 Å². The van der Waals surface area contributed by atoms with Crippen LogP contribution in [-0.4, -0.2) is 25.7 Å². The number of benzene rings is 2. The molecule has 0 aromatic heterocycles. The van der Waals surface area contributed by atoms with E-state index in [-0.39, 0.29) is 12.5 Å². The number of anilines is 1. The third-order valence-electron chi connectivity index (χ3n) is 3.74. The Morgan fingerprint density at radius 3 is 2.71 bits per heavy atom. The summed E-state index contributed by atoms with van der Waals surface area (Å²) in [4.78, 5) is 11.3. The van der Waals surface area contributed by atoms with Crippen molar-refractivity contribution in [3.05, 3.63) is 48.0 Å². The van der Waals surface area contributed by atoms with Crippen LogP contribution >= 0.6 is 0 Å². The molecule has 1 aliphatic rings. The summed E-state index contributed by atoms with van der Waals surface area (Å²) >= 11 is 0. The molecule has 0 radical (unpaired) electrons. The lowest BCUT2D eigenvalue weighted by atomic mass is 10.2. The molecule has 126 valence electrons. The molecule has 0 saturated heterocycles. The van der Waals surface area contributed by atoms with Gasteiger partial charge in [-0.1, -0.05) is 18.2 Å². The van der Waals surface area contributed by atoms with Gasteiger partial charge in [0.2, 0.25) is 0 Å². The van der Waals surface area contributed by atoms with E-state index in [1.54, 1.807) is 6.07 Å². The van der Waals surface area contributed by atoms with Gasteiger partial charge in [0.1, 0.15) is 17.2 Å². The topological polar surface area (TPSA) is 56.8 Å². The van der Waals surface area contributed by atoms with Gasteiger partial charge >= 0.3 is 0 Å². The molecule has 0 saturated carbocycles. The fourth-order valence-corrected chi connectivity index (χ4v) is 2.45. The van der Waals surface area contributed by atoms with E-state index in [1.807, 2.05) is 43.3 Å². The van der Waals surface area contributed by atoms with E-state index >= 15 is 0 Å². The summed E-state index contributed by atoms with van der Waals surface area (Å²) in [6, 6.07) is 13.4. The van der Waals surface area contributed by atoms with Crippen LogP contribution in [0.3, 0.4) is 0 Å². The molecule has 0 atom stereocenters. The third kappa shape index (κ3) is 4.19. The number of hydrogen-bond donors (Lipinski definition) is 1. The Kier molecular flexibility index (Phi) is 5.21. The molecular weight excluding hydrogens is 306 g/mol. The zero-order valence-electron chi connectivity index (χ0n) is 13.7. The molecule has 24 heavy (non-hydrogen) atoms. The van der Waals surface area contributed by atoms with Crippen LogP contribution in [0, 0.1) is 6.92 Å². The highest BCUT2D eigenvalue weighted by Crippen LogP contribution is 2.31. The van der Waals surface area contributed by atoms with E-state index in [2.05, 4.69) is 5.32 Å². The van der Waals surface area contributed by atoms with Crippen molar-refractivity contribution >= 4 is 11.6 Å². The standard InChI is InChI=1S/C19H21NO4/c1-14-6-2-3-7-17(14)23-11-5-4-10-22-15-8-9-18-16(12-15)20-19(21)13-24-18/h2-3,6-9,12H,4-5,10-11,13H2,1H3,(H,20,21). The smallest absolute Gasteiger partial charge is 0.262 e. The minimum atomic E-state index is -0.145. The summed E-state index contributed by atoms with van der Waals surface area (Å²) in [7, 11) is 0. The van der Waals surface area contributed by atoms with Crippen molar-refractivity contribution in [2.75, 3.05) is 25.1 Å². The number of nitrogens with one attached hydrogen (secondary N) is 1. The van der Waals surface area contributed by atoms with Crippen LogP contribution in [0.2, 0.25) is 0 Å². The first-order valence-corrected chi connectivity index (χ1v) is 8.10. The van der Waals surface area contributed by atoms with Crippen LogP contribution in [0.4, 0.5) is 5.69 Å². The van der Waals surface area contributed by atoms with Gasteiger partial charge in [-0.05, 0) is 43.5 Å². The Hall–Kier alpha value is -2.69. The molecule has 0 unspecified atom stereocenters. The number of amides is 1. The van der Waals surface area contributed by atoms with Gasteiger partial charge in [0.05, 0.1) is 18.9 Å². The van der Waals surface area contributed by atoms with E-state index in [4.69, 9.17) is 14.2 Å². The Bertz CT molecular complexity index is 714. The summed E-state index contributed by atoms with van der Waals surface area (Å²) in [6.07, 6.45) is 1.81. The van der Waals surface area contributed by atoms with E-state index in [0.29, 0.717) is 24.7 Å². The summed E-state index contributed by atoms with van der Waals surface area (Å²) in [6.45, 7) is 3.37.